The van der Waals surface area contributed by atoms with Crippen LogP contribution in [0.3, 0.4) is 0 Å². The molecule has 4 heteroatoms. The van der Waals surface area contributed by atoms with Crippen LogP contribution in [0, 0.1) is 5.92 Å². The van der Waals surface area contributed by atoms with E-state index in [4.69, 9.17) is 16.3 Å². The topological polar surface area (TPSA) is 38.3 Å². The normalized spacial score (nSPS) is 12.0. The molecule has 0 bridgehead atoms. The number of carbonyl (C=O) groups is 1. The van der Waals surface area contributed by atoms with E-state index in [2.05, 4.69) is 19.2 Å². The molecule has 1 N–H and O–H groups in total. The Hall–Kier alpha value is -2.00. The van der Waals surface area contributed by atoms with Gasteiger partial charge in [0.2, 0.25) is 5.91 Å². The second-order valence-corrected chi connectivity index (χ2v) is 7.02. The smallest absolute Gasteiger partial charge is 0.220 e. The second kappa shape index (κ2) is 9.47. The van der Waals surface area contributed by atoms with Gasteiger partial charge in [0.1, 0.15) is 5.75 Å². The van der Waals surface area contributed by atoms with Crippen LogP contribution in [0.2, 0.25) is 5.02 Å². The van der Waals surface area contributed by atoms with Gasteiger partial charge in [-0.1, -0.05) is 55.8 Å². The lowest BCUT2D eigenvalue weighted by molar-refractivity contribution is -0.121. The molecule has 25 heavy (non-hydrogen) atoms. The van der Waals surface area contributed by atoms with Crippen LogP contribution in [0.1, 0.15) is 43.9 Å². The molecule has 0 aliphatic rings. The number of aryl methyl sites for hydroxylation is 1. The van der Waals surface area contributed by atoms with Crippen molar-refractivity contribution in [3.05, 3.63) is 64.7 Å². The van der Waals surface area contributed by atoms with E-state index < -0.39 is 0 Å². The van der Waals surface area contributed by atoms with Gasteiger partial charge in [0.15, 0.2) is 0 Å². The van der Waals surface area contributed by atoms with Crippen molar-refractivity contribution in [1.82, 2.24) is 5.32 Å². The summed E-state index contributed by atoms with van der Waals surface area (Å²) >= 11 is 6.16. The van der Waals surface area contributed by atoms with Gasteiger partial charge in [0.05, 0.1) is 13.2 Å². The average molecular weight is 360 g/mol. The first-order chi connectivity index (χ1) is 12.0. The Morgan fingerprint density at radius 1 is 1.12 bits per heavy atom. The van der Waals surface area contributed by atoms with E-state index in [1.165, 1.54) is 0 Å². The number of benzene rings is 2. The molecule has 1 amide bonds. The van der Waals surface area contributed by atoms with E-state index in [1.54, 1.807) is 7.11 Å². The van der Waals surface area contributed by atoms with Crippen LogP contribution < -0.4 is 10.1 Å². The summed E-state index contributed by atoms with van der Waals surface area (Å²) in [6.07, 6.45) is 1.96. The van der Waals surface area contributed by atoms with Gasteiger partial charge in [-0.05, 0) is 48.1 Å². The van der Waals surface area contributed by atoms with Gasteiger partial charge in [0, 0.05) is 11.4 Å². The Morgan fingerprint density at radius 3 is 2.40 bits per heavy atom. The maximum Gasteiger partial charge on any atom is 0.220 e. The largest absolute Gasteiger partial charge is 0.497 e. The zero-order valence-corrected chi connectivity index (χ0v) is 15.8. The van der Waals surface area contributed by atoms with Crippen LogP contribution in [0.15, 0.2) is 48.5 Å². The highest BCUT2D eigenvalue weighted by Crippen LogP contribution is 2.24. The Bertz CT molecular complexity index is 683. The van der Waals surface area contributed by atoms with Crippen molar-refractivity contribution < 1.29 is 9.53 Å². The third-order valence-electron chi connectivity index (χ3n) is 4.14. The van der Waals surface area contributed by atoms with E-state index in [1.807, 2.05) is 48.5 Å². The minimum Gasteiger partial charge on any atom is -0.497 e. The first kappa shape index (κ1) is 19.3. The van der Waals surface area contributed by atoms with Crippen LogP contribution in [0.4, 0.5) is 0 Å². The molecule has 3 nitrogen and oxygen atoms in total. The molecule has 0 radical (unpaired) electrons. The van der Waals surface area contributed by atoms with Gasteiger partial charge in [-0.15, -0.1) is 0 Å². The molecule has 0 saturated carbocycles. The molecule has 2 aromatic rings. The van der Waals surface area contributed by atoms with Crippen molar-refractivity contribution in [3.63, 3.8) is 0 Å². The van der Waals surface area contributed by atoms with Gasteiger partial charge in [-0.2, -0.15) is 0 Å². The number of amides is 1. The molecule has 0 aliphatic carbocycles. The molecule has 1 atom stereocenters. The fourth-order valence-electron chi connectivity index (χ4n) is 2.80. The molecule has 2 aromatic carbocycles. The Balaban J connectivity index is 2.00. The molecule has 134 valence electrons. The lowest BCUT2D eigenvalue weighted by atomic mass is 9.96. The molecule has 0 aromatic heterocycles. The molecule has 2 rings (SSSR count). The molecule has 0 spiro atoms. The fourth-order valence-corrected chi connectivity index (χ4v) is 3.03. The van der Waals surface area contributed by atoms with E-state index >= 15 is 0 Å². The van der Waals surface area contributed by atoms with Crippen molar-refractivity contribution in [2.24, 2.45) is 5.92 Å². The Morgan fingerprint density at radius 2 is 1.80 bits per heavy atom. The number of nitrogens with one attached hydrogen (secondary N) is 1. The van der Waals surface area contributed by atoms with Gasteiger partial charge in [0.25, 0.3) is 0 Å². The third-order valence-corrected chi connectivity index (χ3v) is 4.51. The first-order valence-corrected chi connectivity index (χ1v) is 9.04. The second-order valence-electron chi connectivity index (χ2n) is 6.61. The number of ether oxygens (including phenoxy) is 1. The minimum atomic E-state index is 0.00431. The summed E-state index contributed by atoms with van der Waals surface area (Å²) in [5, 5.41) is 3.88. The third kappa shape index (κ3) is 6.09. The quantitative estimate of drug-likeness (QED) is 0.704. The number of methoxy groups -OCH3 is 1. The Labute approximate surface area is 155 Å². The summed E-state index contributed by atoms with van der Waals surface area (Å²) in [5.74, 6) is 1.34. The maximum absolute atomic E-state index is 12.4. The lowest BCUT2D eigenvalue weighted by Crippen LogP contribution is -2.29. The number of rotatable bonds is 8. The zero-order valence-electron chi connectivity index (χ0n) is 15.1. The zero-order chi connectivity index (χ0) is 18.2. The lowest BCUT2D eigenvalue weighted by Gasteiger charge is -2.21. The van der Waals surface area contributed by atoms with Crippen molar-refractivity contribution >= 4 is 17.5 Å². The molecule has 0 fully saturated rings. The summed E-state index contributed by atoms with van der Waals surface area (Å²) in [7, 11) is 1.65. The summed E-state index contributed by atoms with van der Waals surface area (Å²) < 4.78 is 5.21. The molecule has 0 unspecified atom stereocenters. The van der Waals surface area contributed by atoms with Crippen LogP contribution in [-0.2, 0) is 11.2 Å². The van der Waals surface area contributed by atoms with Crippen molar-refractivity contribution in [1.29, 1.82) is 0 Å². The predicted molar refractivity (Wildman–Crippen MR) is 103 cm³/mol. The van der Waals surface area contributed by atoms with Crippen molar-refractivity contribution in [2.45, 2.75) is 39.2 Å². The van der Waals surface area contributed by atoms with Crippen LogP contribution >= 0.6 is 11.6 Å². The number of hydrogen-bond donors (Lipinski definition) is 1. The highest BCUT2D eigenvalue weighted by molar-refractivity contribution is 6.31. The summed E-state index contributed by atoms with van der Waals surface area (Å²) in [5.41, 5.74) is 2.10. The standard InChI is InChI=1S/C21H26ClNO2/c1-15(2)14-20(17-8-11-18(25-3)12-9-17)23-21(24)13-10-16-6-4-5-7-19(16)22/h4-9,11-12,15,20H,10,13-14H2,1-3H3,(H,23,24)/t20-/m1/s1. The van der Waals surface area contributed by atoms with Crippen molar-refractivity contribution in [3.8, 4) is 5.75 Å². The Kier molecular flexibility index (Phi) is 7.32. The predicted octanol–water partition coefficient (Wildman–Crippen LogP) is 5.18. The molecule has 0 aliphatic heterocycles. The fraction of sp³-hybridized carbons (Fsp3) is 0.381. The highest BCUT2D eigenvalue weighted by atomic mass is 35.5. The van der Waals surface area contributed by atoms with Gasteiger partial charge >= 0.3 is 0 Å². The van der Waals surface area contributed by atoms with Gasteiger partial charge in [-0.25, -0.2) is 0 Å². The van der Waals surface area contributed by atoms with Crippen molar-refractivity contribution in [2.75, 3.05) is 7.11 Å². The van der Waals surface area contributed by atoms with Crippen LogP contribution in [0.25, 0.3) is 0 Å². The minimum absolute atomic E-state index is 0.00431. The molecular weight excluding hydrogens is 334 g/mol. The maximum atomic E-state index is 12.4. The molecule has 0 heterocycles. The van der Waals surface area contributed by atoms with E-state index in [0.717, 1.165) is 23.3 Å². The van der Waals surface area contributed by atoms with E-state index in [0.29, 0.717) is 23.8 Å². The van der Waals surface area contributed by atoms with E-state index in [9.17, 15) is 4.79 Å². The van der Waals surface area contributed by atoms with Gasteiger partial charge < -0.3 is 10.1 Å². The number of hydrogen-bond acceptors (Lipinski definition) is 2. The summed E-state index contributed by atoms with van der Waals surface area (Å²) in [6.45, 7) is 4.32. The number of carbonyl (C=O) groups excluding carboxylic acids is 1. The molecule has 0 saturated heterocycles. The van der Waals surface area contributed by atoms with Crippen LogP contribution in [-0.4, -0.2) is 13.0 Å². The van der Waals surface area contributed by atoms with Crippen LogP contribution in [0.5, 0.6) is 5.75 Å². The van der Waals surface area contributed by atoms with E-state index in [-0.39, 0.29) is 11.9 Å². The average Bonchev–Trinajstić information content (AvgIpc) is 2.60. The highest BCUT2D eigenvalue weighted by Gasteiger charge is 2.16. The summed E-state index contributed by atoms with van der Waals surface area (Å²) in [6, 6.07) is 15.5. The first-order valence-electron chi connectivity index (χ1n) is 8.66. The molecular formula is C21H26ClNO2. The number of halogens is 1. The van der Waals surface area contributed by atoms with Gasteiger partial charge in [-0.3, -0.25) is 4.79 Å². The summed E-state index contributed by atoms with van der Waals surface area (Å²) in [4.78, 5) is 12.4. The monoisotopic (exact) mass is 359 g/mol. The SMILES string of the molecule is COc1ccc([C@@H](CC(C)C)NC(=O)CCc2ccccc2Cl)cc1.